The summed E-state index contributed by atoms with van der Waals surface area (Å²) in [5.41, 5.74) is -0.256. The molecule has 0 aromatic heterocycles. The van der Waals surface area contributed by atoms with Crippen LogP contribution in [0.3, 0.4) is 0 Å². The van der Waals surface area contributed by atoms with E-state index in [2.05, 4.69) is 13.8 Å². The van der Waals surface area contributed by atoms with E-state index in [0.717, 1.165) is 38.6 Å². The maximum Gasteiger partial charge on any atom is 0.223 e. The van der Waals surface area contributed by atoms with Crippen molar-refractivity contribution in [3.63, 3.8) is 0 Å². The van der Waals surface area contributed by atoms with Gasteiger partial charge in [0.1, 0.15) is 0 Å². The van der Waals surface area contributed by atoms with Crippen molar-refractivity contribution in [1.29, 1.82) is 0 Å². The van der Waals surface area contributed by atoms with Crippen molar-refractivity contribution in [2.24, 2.45) is 22.7 Å². The molecule has 0 spiro atoms. The minimum Gasteiger partial charge on any atom is -0.394 e. The lowest BCUT2D eigenvalue weighted by atomic mass is 9.46. The zero-order chi connectivity index (χ0) is 21.5. The third-order valence-electron chi connectivity index (χ3n) is 8.84. The minimum atomic E-state index is -0.461. The first-order valence-electron chi connectivity index (χ1n) is 11.7. The maximum absolute atomic E-state index is 13.2. The van der Waals surface area contributed by atoms with Crippen molar-refractivity contribution in [1.82, 2.24) is 4.90 Å². The molecule has 7 heteroatoms. The van der Waals surface area contributed by atoms with Crippen LogP contribution in [0.1, 0.15) is 58.8 Å². The van der Waals surface area contributed by atoms with Crippen molar-refractivity contribution < 1.29 is 29.2 Å². The van der Waals surface area contributed by atoms with Gasteiger partial charge in [-0.1, -0.05) is 13.8 Å². The molecule has 4 rings (SSSR count). The molecular weight excluding hydrogens is 386 g/mol. The van der Waals surface area contributed by atoms with E-state index in [-0.39, 0.29) is 47.7 Å². The molecule has 2 aliphatic heterocycles. The number of carbonyl (C=O) groups excluding carboxylic acids is 1. The van der Waals surface area contributed by atoms with E-state index in [4.69, 9.17) is 14.2 Å². The van der Waals surface area contributed by atoms with Gasteiger partial charge in [-0.15, -0.1) is 0 Å². The summed E-state index contributed by atoms with van der Waals surface area (Å²) in [6.45, 7) is 6.34. The molecule has 0 aromatic rings. The Hall–Kier alpha value is -0.730. The van der Waals surface area contributed by atoms with Crippen LogP contribution in [0.2, 0.25) is 0 Å². The number of likely N-dealkylation sites (tertiary alicyclic amines) is 1. The minimum absolute atomic E-state index is 0.0237. The van der Waals surface area contributed by atoms with Crippen LogP contribution in [0, 0.1) is 22.7 Å². The number of aliphatic hydroxyl groups is 2. The first-order chi connectivity index (χ1) is 14.3. The fraction of sp³-hybridized carbons (Fsp3) is 0.957. The maximum atomic E-state index is 13.2. The van der Waals surface area contributed by atoms with Gasteiger partial charge >= 0.3 is 0 Å². The number of aliphatic hydroxyl groups excluding tert-OH is 2. The Balaban J connectivity index is 1.52. The third-order valence-corrected chi connectivity index (χ3v) is 8.84. The highest BCUT2D eigenvalue weighted by atomic mass is 16.7. The number of nitrogens with zero attached hydrogens (tertiary/aromatic N) is 1. The second-order valence-corrected chi connectivity index (χ2v) is 10.4. The Bertz CT molecular complexity index is 631. The van der Waals surface area contributed by atoms with E-state index < -0.39 is 6.10 Å². The second-order valence-electron chi connectivity index (χ2n) is 10.4. The fourth-order valence-corrected chi connectivity index (χ4v) is 7.17. The van der Waals surface area contributed by atoms with Crippen molar-refractivity contribution in [2.75, 3.05) is 33.5 Å². The van der Waals surface area contributed by atoms with Gasteiger partial charge in [-0.2, -0.15) is 0 Å². The standard InChI is InChI=1S/C23H39NO6/c1-22-9-8-19-23(2,14-29-21(30-19)13-28-3)18(22)7-6-17(26)16(22)11-20(27)24-10-4-5-15(24)12-25/h15-19,21,25-26H,4-14H2,1-3H3. The number of fused-ring (bicyclic) bond motifs is 3. The van der Waals surface area contributed by atoms with Gasteiger partial charge < -0.3 is 29.3 Å². The smallest absolute Gasteiger partial charge is 0.223 e. The number of hydrogen-bond donors (Lipinski definition) is 2. The Morgan fingerprint density at radius 3 is 2.73 bits per heavy atom. The van der Waals surface area contributed by atoms with E-state index in [1.54, 1.807) is 7.11 Å². The average Bonchev–Trinajstić information content (AvgIpc) is 3.20. The zero-order valence-corrected chi connectivity index (χ0v) is 18.7. The lowest BCUT2D eigenvalue weighted by Crippen LogP contribution is -2.63. The molecule has 7 nitrogen and oxygen atoms in total. The molecule has 8 atom stereocenters. The highest BCUT2D eigenvalue weighted by Gasteiger charge is 2.61. The summed E-state index contributed by atoms with van der Waals surface area (Å²) < 4.78 is 17.5. The fourth-order valence-electron chi connectivity index (χ4n) is 7.17. The van der Waals surface area contributed by atoms with E-state index in [9.17, 15) is 15.0 Å². The molecule has 2 heterocycles. The van der Waals surface area contributed by atoms with Crippen LogP contribution >= 0.6 is 0 Å². The molecule has 30 heavy (non-hydrogen) atoms. The summed E-state index contributed by atoms with van der Waals surface area (Å²) in [5.74, 6) is 0.347. The Morgan fingerprint density at radius 1 is 1.20 bits per heavy atom. The SMILES string of the molecule is COCC1OCC2(C)C(CCC3(C)C(CC(=O)N4CCCC4CO)C(O)CCC23)O1. The Kier molecular flexibility index (Phi) is 6.48. The Labute approximate surface area is 180 Å². The van der Waals surface area contributed by atoms with Crippen LogP contribution in [-0.2, 0) is 19.0 Å². The summed E-state index contributed by atoms with van der Waals surface area (Å²) in [5, 5.41) is 20.6. The summed E-state index contributed by atoms with van der Waals surface area (Å²) in [6.07, 6.45) is 5.02. The van der Waals surface area contributed by atoms with Gasteiger partial charge in [-0.3, -0.25) is 4.79 Å². The second kappa shape index (κ2) is 8.66. The van der Waals surface area contributed by atoms with Gasteiger partial charge in [-0.25, -0.2) is 0 Å². The average molecular weight is 426 g/mol. The molecule has 4 fully saturated rings. The number of ether oxygens (including phenoxy) is 3. The molecule has 8 unspecified atom stereocenters. The van der Waals surface area contributed by atoms with E-state index in [0.29, 0.717) is 32.0 Å². The van der Waals surface area contributed by atoms with Crippen molar-refractivity contribution >= 4 is 5.91 Å². The molecule has 0 bridgehead atoms. The zero-order valence-electron chi connectivity index (χ0n) is 18.7. The first-order valence-corrected chi connectivity index (χ1v) is 11.7. The Morgan fingerprint density at radius 2 is 2.00 bits per heavy atom. The van der Waals surface area contributed by atoms with Crippen LogP contribution in [0.15, 0.2) is 0 Å². The van der Waals surface area contributed by atoms with E-state index in [1.807, 2.05) is 4.90 Å². The molecule has 0 radical (unpaired) electrons. The molecule has 0 aromatic carbocycles. The number of amides is 1. The predicted molar refractivity (Wildman–Crippen MR) is 111 cm³/mol. The number of hydrogen-bond acceptors (Lipinski definition) is 6. The van der Waals surface area contributed by atoms with Crippen LogP contribution in [0.25, 0.3) is 0 Å². The van der Waals surface area contributed by atoms with Crippen LogP contribution in [-0.4, -0.2) is 79.0 Å². The third kappa shape index (κ3) is 3.71. The number of carbonyl (C=O) groups is 1. The quantitative estimate of drug-likeness (QED) is 0.700. The molecule has 2 saturated heterocycles. The van der Waals surface area contributed by atoms with Gasteiger partial charge in [0.05, 0.1) is 38.1 Å². The number of methoxy groups -OCH3 is 1. The van der Waals surface area contributed by atoms with Crippen LogP contribution in [0.4, 0.5) is 0 Å². The van der Waals surface area contributed by atoms with Gasteiger partial charge in [0.15, 0.2) is 6.29 Å². The van der Waals surface area contributed by atoms with Crippen LogP contribution < -0.4 is 0 Å². The molecule has 2 N–H and O–H groups in total. The monoisotopic (exact) mass is 425 g/mol. The molecule has 2 aliphatic carbocycles. The van der Waals surface area contributed by atoms with E-state index >= 15 is 0 Å². The molecule has 2 saturated carbocycles. The summed E-state index contributed by atoms with van der Waals surface area (Å²) in [6, 6.07) is -0.0621. The predicted octanol–water partition coefficient (Wildman–Crippen LogP) is 1.94. The first kappa shape index (κ1) is 22.5. The molecule has 1 amide bonds. The van der Waals surface area contributed by atoms with Crippen molar-refractivity contribution in [3.05, 3.63) is 0 Å². The van der Waals surface area contributed by atoms with Crippen molar-refractivity contribution in [2.45, 2.75) is 83.3 Å². The summed E-state index contributed by atoms with van der Waals surface area (Å²) >= 11 is 0. The van der Waals surface area contributed by atoms with Gasteiger partial charge in [0.2, 0.25) is 5.91 Å². The van der Waals surface area contributed by atoms with Crippen molar-refractivity contribution in [3.8, 4) is 0 Å². The van der Waals surface area contributed by atoms with Gasteiger partial charge in [-0.05, 0) is 55.8 Å². The van der Waals surface area contributed by atoms with Gasteiger partial charge in [0, 0.05) is 25.5 Å². The molecular formula is C23H39NO6. The normalized spacial score (nSPS) is 46.4. The topological polar surface area (TPSA) is 88.5 Å². The highest BCUT2D eigenvalue weighted by Crippen LogP contribution is 2.62. The molecule has 172 valence electrons. The lowest BCUT2D eigenvalue weighted by Gasteiger charge is -2.63. The highest BCUT2D eigenvalue weighted by molar-refractivity contribution is 5.77. The lowest BCUT2D eigenvalue weighted by molar-refractivity contribution is -0.316. The summed E-state index contributed by atoms with van der Waals surface area (Å²) in [7, 11) is 1.66. The van der Waals surface area contributed by atoms with E-state index in [1.165, 1.54) is 0 Å². The largest absolute Gasteiger partial charge is 0.394 e. The number of rotatable bonds is 5. The summed E-state index contributed by atoms with van der Waals surface area (Å²) in [4.78, 5) is 15.0. The van der Waals surface area contributed by atoms with Gasteiger partial charge in [0.25, 0.3) is 0 Å². The van der Waals surface area contributed by atoms with Crippen LogP contribution in [0.5, 0.6) is 0 Å². The molecule has 4 aliphatic rings.